The lowest BCUT2D eigenvalue weighted by molar-refractivity contribution is 0.444. The molecule has 0 fully saturated rings. The highest BCUT2D eigenvalue weighted by Crippen LogP contribution is 2.13. The lowest BCUT2D eigenvalue weighted by Gasteiger charge is -2.17. The summed E-state index contributed by atoms with van der Waals surface area (Å²) in [6.07, 6.45) is 1.91. The van der Waals surface area contributed by atoms with Crippen LogP contribution in [0.4, 0.5) is 0 Å². The first kappa shape index (κ1) is 17.6. The molecule has 0 amide bonds. The zero-order valence-corrected chi connectivity index (χ0v) is 14.1. The van der Waals surface area contributed by atoms with E-state index in [1.165, 1.54) is 4.31 Å². The molecule has 0 aliphatic rings. The van der Waals surface area contributed by atoms with Crippen LogP contribution in [0.1, 0.15) is 30.9 Å². The zero-order valence-electron chi connectivity index (χ0n) is 12.5. The van der Waals surface area contributed by atoms with Crippen molar-refractivity contribution in [3.8, 4) is 0 Å². The van der Waals surface area contributed by atoms with Crippen molar-refractivity contribution in [2.75, 3.05) is 26.7 Å². The Morgan fingerprint density at radius 2 is 2.05 bits per heavy atom. The monoisotopic (exact) mass is 319 g/mol. The third kappa shape index (κ3) is 5.88. The van der Waals surface area contributed by atoms with Crippen molar-refractivity contribution >= 4 is 21.5 Å². The number of nitrogens with zero attached hydrogens (tertiary/aromatic N) is 1. The van der Waals surface area contributed by atoms with Crippen LogP contribution >= 0.6 is 11.3 Å². The van der Waals surface area contributed by atoms with Gasteiger partial charge in [0.1, 0.15) is 0 Å². The topological polar surface area (TPSA) is 61.4 Å². The summed E-state index contributed by atoms with van der Waals surface area (Å²) in [4.78, 5) is 0. The molecule has 0 unspecified atom stereocenters. The Bertz CT molecular complexity index is 486. The molecule has 116 valence electrons. The molecule has 5 nitrogen and oxygen atoms in total. The maximum absolute atomic E-state index is 12.1. The molecule has 2 N–H and O–H groups in total. The van der Waals surface area contributed by atoms with Gasteiger partial charge in [0.25, 0.3) is 10.2 Å². The van der Waals surface area contributed by atoms with Gasteiger partial charge in [-0.2, -0.15) is 28.8 Å². The standard InChI is InChI=1S/C13H25N3O2S2/c1-4-6-14-7-5-8-16(3)20(17,18)15-9-13-11-19-10-12(13)2/h10-11,14-15H,4-9H2,1-3H3. The van der Waals surface area contributed by atoms with Gasteiger partial charge in [-0.05, 0) is 54.7 Å². The summed E-state index contributed by atoms with van der Waals surface area (Å²) in [6, 6.07) is 0. The van der Waals surface area contributed by atoms with Crippen molar-refractivity contribution in [1.82, 2.24) is 14.3 Å². The first-order valence-electron chi connectivity index (χ1n) is 6.90. The van der Waals surface area contributed by atoms with E-state index in [9.17, 15) is 8.42 Å². The summed E-state index contributed by atoms with van der Waals surface area (Å²) in [5.41, 5.74) is 2.17. The van der Waals surface area contributed by atoms with Gasteiger partial charge in [0, 0.05) is 20.1 Å². The lowest BCUT2D eigenvalue weighted by Crippen LogP contribution is -2.39. The Kier molecular flexibility index (Phi) is 7.68. The molecule has 0 aromatic carbocycles. The first-order chi connectivity index (χ1) is 9.47. The maximum atomic E-state index is 12.1. The van der Waals surface area contributed by atoms with Crippen LogP contribution in [-0.2, 0) is 16.8 Å². The fourth-order valence-electron chi connectivity index (χ4n) is 1.70. The van der Waals surface area contributed by atoms with E-state index in [1.807, 2.05) is 17.7 Å². The summed E-state index contributed by atoms with van der Waals surface area (Å²) in [5, 5.41) is 7.26. The highest BCUT2D eigenvalue weighted by molar-refractivity contribution is 7.87. The zero-order chi connectivity index (χ0) is 15.0. The van der Waals surface area contributed by atoms with Crippen LogP contribution in [0.3, 0.4) is 0 Å². The molecule has 0 spiro atoms. The van der Waals surface area contributed by atoms with E-state index in [4.69, 9.17) is 0 Å². The van der Waals surface area contributed by atoms with Crippen molar-refractivity contribution in [3.05, 3.63) is 21.9 Å². The molecule has 1 rings (SSSR count). The van der Waals surface area contributed by atoms with E-state index in [1.54, 1.807) is 18.4 Å². The van der Waals surface area contributed by atoms with E-state index in [0.717, 1.165) is 37.1 Å². The minimum absolute atomic E-state index is 0.357. The molecule has 0 aliphatic heterocycles. The molecule has 0 radical (unpaired) electrons. The fourth-order valence-corrected chi connectivity index (χ4v) is 3.48. The molecule has 1 aromatic rings. The molecule has 1 heterocycles. The van der Waals surface area contributed by atoms with Gasteiger partial charge in [-0.1, -0.05) is 6.92 Å². The average molecular weight is 319 g/mol. The Morgan fingerprint density at radius 1 is 1.30 bits per heavy atom. The minimum Gasteiger partial charge on any atom is -0.317 e. The normalized spacial score (nSPS) is 12.2. The van der Waals surface area contributed by atoms with E-state index in [0.29, 0.717) is 13.1 Å². The molecule has 20 heavy (non-hydrogen) atoms. The SMILES string of the molecule is CCCNCCCN(C)S(=O)(=O)NCc1cscc1C. The van der Waals surface area contributed by atoms with Crippen molar-refractivity contribution in [3.63, 3.8) is 0 Å². The van der Waals surface area contributed by atoms with Gasteiger partial charge < -0.3 is 5.32 Å². The highest BCUT2D eigenvalue weighted by atomic mass is 32.2. The molecule has 0 saturated carbocycles. The number of hydrogen-bond donors (Lipinski definition) is 2. The van der Waals surface area contributed by atoms with Crippen LogP contribution in [-0.4, -0.2) is 39.4 Å². The predicted octanol–water partition coefficient (Wildman–Crippen LogP) is 1.71. The molecular weight excluding hydrogens is 294 g/mol. The number of thiophene rings is 1. The van der Waals surface area contributed by atoms with E-state index in [2.05, 4.69) is 17.0 Å². The number of aryl methyl sites for hydroxylation is 1. The van der Waals surface area contributed by atoms with Crippen molar-refractivity contribution in [1.29, 1.82) is 0 Å². The number of nitrogens with one attached hydrogen (secondary N) is 2. The number of hydrogen-bond acceptors (Lipinski definition) is 4. The van der Waals surface area contributed by atoms with Crippen LogP contribution in [0.15, 0.2) is 10.8 Å². The summed E-state index contributed by atoms with van der Waals surface area (Å²) in [5.74, 6) is 0. The van der Waals surface area contributed by atoms with Crippen LogP contribution < -0.4 is 10.0 Å². The van der Waals surface area contributed by atoms with E-state index in [-0.39, 0.29) is 0 Å². The Morgan fingerprint density at radius 3 is 2.65 bits per heavy atom. The third-order valence-corrected chi connectivity index (χ3v) is 5.49. The summed E-state index contributed by atoms with van der Waals surface area (Å²) in [6.45, 7) is 6.80. The van der Waals surface area contributed by atoms with Gasteiger partial charge in [0.15, 0.2) is 0 Å². The molecular formula is C13H25N3O2S2. The van der Waals surface area contributed by atoms with Crippen LogP contribution in [0.2, 0.25) is 0 Å². The van der Waals surface area contributed by atoms with Gasteiger partial charge in [0.05, 0.1) is 0 Å². The Hall–Kier alpha value is -0.470. The first-order valence-corrected chi connectivity index (χ1v) is 9.29. The van der Waals surface area contributed by atoms with Crippen molar-refractivity contribution < 1.29 is 8.42 Å². The van der Waals surface area contributed by atoms with Gasteiger partial charge in [0.2, 0.25) is 0 Å². The second-order valence-corrected chi connectivity index (χ2v) is 7.44. The van der Waals surface area contributed by atoms with Crippen molar-refractivity contribution in [2.24, 2.45) is 0 Å². The molecule has 0 atom stereocenters. The quantitative estimate of drug-likeness (QED) is 0.646. The Labute approximate surface area is 126 Å². The van der Waals surface area contributed by atoms with Crippen LogP contribution in [0.5, 0.6) is 0 Å². The Balaban J connectivity index is 2.34. The van der Waals surface area contributed by atoms with E-state index >= 15 is 0 Å². The predicted molar refractivity (Wildman–Crippen MR) is 85.2 cm³/mol. The third-order valence-electron chi connectivity index (χ3n) is 3.07. The van der Waals surface area contributed by atoms with Crippen LogP contribution in [0, 0.1) is 6.92 Å². The molecule has 7 heteroatoms. The minimum atomic E-state index is -3.39. The average Bonchev–Trinajstić information content (AvgIpc) is 2.81. The molecule has 0 bridgehead atoms. The molecule has 0 saturated heterocycles. The van der Waals surface area contributed by atoms with Gasteiger partial charge >= 0.3 is 0 Å². The fraction of sp³-hybridized carbons (Fsp3) is 0.692. The second kappa shape index (κ2) is 8.74. The number of rotatable bonds is 10. The van der Waals surface area contributed by atoms with E-state index < -0.39 is 10.2 Å². The largest absolute Gasteiger partial charge is 0.317 e. The van der Waals surface area contributed by atoms with Gasteiger partial charge in [-0.15, -0.1) is 0 Å². The summed E-state index contributed by atoms with van der Waals surface area (Å²) >= 11 is 1.59. The summed E-state index contributed by atoms with van der Waals surface area (Å²) < 4.78 is 28.1. The maximum Gasteiger partial charge on any atom is 0.279 e. The molecule has 0 aliphatic carbocycles. The lowest BCUT2D eigenvalue weighted by atomic mass is 10.2. The van der Waals surface area contributed by atoms with Crippen molar-refractivity contribution in [2.45, 2.75) is 33.2 Å². The van der Waals surface area contributed by atoms with Crippen LogP contribution in [0.25, 0.3) is 0 Å². The van der Waals surface area contributed by atoms with Gasteiger partial charge in [-0.25, -0.2) is 0 Å². The highest BCUT2D eigenvalue weighted by Gasteiger charge is 2.16. The van der Waals surface area contributed by atoms with Gasteiger partial charge in [-0.3, -0.25) is 0 Å². The smallest absolute Gasteiger partial charge is 0.279 e. The second-order valence-electron chi connectivity index (χ2n) is 4.83. The molecule has 1 aromatic heterocycles. The summed E-state index contributed by atoms with van der Waals surface area (Å²) in [7, 11) is -1.77.